The van der Waals surface area contributed by atoms with E-state index >= 15 is 0 Å². The highest BCUT2D eigenvalue weighted by molar-refractivity contribution is 6.12. The lowest BCUT2D eigenvalue weighted by atomic mass is 9.91. The SMILES string of the molecule is CC.CC.CC.CC.CCCC(C)c1ccc(N2c3cc4c5ccccc5n(-c5ccc(-c6cccc7c6oc6ccccc67)cc5)c4cc3C3C=CC=CC32)cc1. The highest BCUT2D eigenvalue weighted by Crippen LogP contribution is 2.50. The van der Waals surface area contributed by atoms with E-state index in [0.29, 0.717) is 5.92 Å². The van der Waals surface area contributed by atoms with E-state index < -0.39 is 0 Å². The number of furan rings is 1. The Hall–Kier alpha value is -5.80. The van der Waals surface area contributed by atoms with Crippen LogP contribution >= 0.6 is 0 Å². The molecule has 0 radical (unpaired) electrons. The molecule has 0 saturated carbocycles. The van der Waals surface area contributed by atoms with Gasteiger partial charge in [-0.3, -0.25) is 0 Å². The molecule has 3 unspecified atom stereocenters. The van der Waals surface area contributed by atoms with Crippen molar-refractivity contribution in [1.29, 1.82) is 0 Å². The number of hydrogen-bond acceptors (Lipinski definition) is 2. The number of allylic oxidation sites excluding steroid dienone is 2. The maximum Gasteiger partial charge on any atom is 0.143 e. The fourth-order valence-corrected chi connectivity index (χ4v) is 8.70. The summed E-state index contributed by atoms with van der Waals surface area (Å²) in [6.45, 7) is 20.6. The Labute approximate surface area is 347 Å². The molecule has 0 fully saturated rings. The van der Waals surface area contributed by atoms with E-state index in [9.17, 15) is 0 Å². The Morgan fingerprint density at radius 1 is 0.586 bits per heavy atom. The second-order valence-corrected chi connectivity index (χ2v) is 14.0. The maximum absolute atomic E-state index is 6.39. The zero-order valence-electron chi connectivity index (χ0n) is 36.4. The predicted molar refractivity (Wildman–Crippen MR) is 256 cm³/mol. The first-order chi connectivity index (χ1) is 28.7. The Morgan fingerprint density at radius 2 is 1.22 bits per heavy atom. The summed E-state index contributed by atoms with van der Waals surface area (Å²) in [7, 11) is 0. The van der Waals surface area contributed by atoms with E-state index in [2.05, 4.69) is 163 Å². The van der Waals surface area contributed by atoms with E-state index in [1.54, 1.807) is 0 Å². The molecule has 0 N–H and O–H groups in total. The summed E-state index contributed by atoms with van der Waals surface area (Å²) in [5.74, 6) is 0.861. The molecule has 0 amide bonds. The van der Waals surface area contributed by atoms with Crippen molar-refractivity contribution in [3.63, 3.8) is 0 Å². The number of nitrogens with zero attached hydrogens (tertiary/aromatic N) is 2. The van der Waals surface area contributed by atoms with Crippen LogP contribution in [0.5, 0.6) is 0 Å². The van der Waals surface area contributed by atoms with E-state index in [-0.39, 0.29) is 12.0 Å². The van der Waals surface area contributed by atoms with E-state index in [1.807, 2.05) is 67.5 Å². The van der Waals surface area contributed by atoms with Crippen molar-refractivity contribution in [2.45, 2.75) is 100.0 Å². The minimum atomic E-state index is 0.250. The highest BCUT2D eigenvalue weighted by Gasteiger charge is 2.38. The lowest BCUT2D eigenvalue weighted by Crippen LogP contribution is -2.28. The van der Waals surface area contributed by atoms with Gasteiger partial charge in [0, 0.05) is 50.1 Å². The standard InChI is InChI=1S/C47H38N2O.4C2H6/c1-3-11-30(2)31-20-24-33(25-21-31)48-42-17-7-4-12-36(42)40-29-45-41(28-44(40)48)37-13-5-8-18-43(37)49(45)34-26-22-32(23-27-34)35-15-10-16-39-38-14-6-9-19-46(38)50-47(35)39;4*1-2/h4-10,12-30,36,42H,3,11H2,1-2H3;4*1-2H3. The zero-order chi connectivity index (χ0) is 41.3. The van der Waals surface area contributed by atoms with Crippen molar-refractivity contribution < 1.29 is 4.42 Å². The predicted octanol–water partition coefficient (Wildman–Crippen LogP) is 17.1. The molecule has 8 aromatic rings. The quantitative estimate of drug-likeness (QED) is 0.168. The smallest absolute Gasteiger partial charge is 0.143 e. The van der Waals surface area contributed by atoms with Gasteiger partial charge in [-0.05, 0) is 77.6 Å². The van der Waals surface area contributed by atoms with E-state index in [0.717, 1.165) is 38.8 Å². The summed E-state index contributed by atoms with van der Waals surface area (Å²) in [5.41, 5.74) is 13.1. The lowest BCUT2D eigenvalue weighted by Gasteiger charge is -2.29. The number of aromatic nitrogens is 1. The van der Waals surface area contributed by atoms with Gasteiger partial charge >= 0.3 is 0 Å². The van der Waals surface area contributed by atoms with Gasteiger partial charge in [-0.15, -0.1) is 0 Å². The first-order valence-electron chi connectivity index (χ1n) is 22.0. The van der Waals surface area contributed by atoms with Crippen molar-refractivity contribution in [2.24, 2.45) is 0 Å². The molecule has 3 atom stereocenters. The first kappa shape index (κ1) is 41.8. The summed E-state index contributed by atoms with van der Waals surface area (Å²) in [6.07, 6.45) is 11.6. The molecule has 0 bridgehead atoms. The van der Waals surface area contributed by atoms with E-state index in [1.165, 1.54) is 57.1 Å². The summed E-state index contributed by atoms with van der Waals surface area (Å²) in [6, 6.07) is 47.1. The molecule has 1 aliphatic heterocycles. The van der Waals surface area contributed by atoms with Crippen LogP contribution in [0.3, 0.4) is 0 Å². The van der Waals surface area contributed by atoms with Crippen LogP contribution in [-0.4, -0.2) is 10.6 Å². The molecule has 58 heavy (non-hydrogen) atoms. The van der Waals surface area contributed by atoms with Crippen molar-refractivity contribution in [1.82, 2.24) is 4.57 Å². The van der Waals surface area contributed by atoms with Crippen molar-refractivity contribution in [3.05, 3.63) is 163 Å². The molecule has 3 nitrogen and oxygen atoms in total. The van der Waals surface area contributed by atoms with Gasteiger partial charge in [0.15, 0.2) is 0 Å². The third kappa shape index (κ3) is 7.39. The second kappa shape index (κ2) is 19.1. The second-order valence-electron chi connectivity index (χ2n) is 14.0. The average Bonchev–Trinajstić information content (AvgIpc) is 3.96. The van der Waals surface area contributed by atoms with Crippen LogP contribution in [0.4, 0.5) is 11.4 Å². The summed E-state index contributed by atoms with van der Waals surface area (Å²) in [5, 5.41) is 4.85. The summed E-state index contributed by atoms with van der Waals surface area (Å²) < 4.78 is 8.83. The number of fused-ring (bicyclic) bond motifs is 9. The molecule has 6 aromatic carbocycles. The van der Waals surface area contributed by atoms with Gasteiger partial charge < -0.3 is 13.9 Å². The topological polar surface area (TPSA) is 21.3 Å². The summed E-state index contributed by atoms with van der Waals surface area (Å²) >= 11 is 0. The molecule has 0 saturated heterocycles. The number of rotatable bonds is 6. The fourth-order valence-electron chi connectivity index (χ4n) is 8.70. The van der Waals surface area contributed by atoms with Crippen molar-refractivity contribution >= 4 is 55.1 Å². The number of anilines is 2. The van der Waals surface area contributed by atoms with Crippen LogP contribution < -0.4 is 4.90 Å². The van der Waals surface area contributed by atoms with Crippen molar-refractivity contribution in [3.8, 4) is 16.8 Å². The molecule has 2 aliphatic rings. The van der Waals surface area contributed by atoms with Gasteiger partial charge in [0.1, 0.15) is 11.2 Å². The van der Waals surface area contributed by atoms with Crippen LogP contribution in [0.1, 0.15) is 105 Å². The van der Waals surface area contributed by atoms with Gasteiger partial charge in [0.05, 0.1) is 17.1 Å². The molecule has 3 heteroatoms. The Kier molecular flexibility index (Phi) is 13.8. The van der Waals surface area contributed by atoms with Crippen LogP contribution in [0.2, 0.25) is 0 Å². The molecule has 3 heterocycles. The van der Waals surface area contributed by atoms with Gasteiger partial charge in [0.2, 0.25) is 0 Å². The van der Waals surface area contributed by atoms with Crippen LogP contribution in [-0.2, 0) is 0 Å². The minimum absolute atomic E-state index is 0.250. The highest BCUT2D eigenvalue weighted by atomic mass is 16.3. The normalized spacial score (nSPS) is 15.3. The van der Waals surface area contributed by atoms with Crippen LogP contribution in [0.15, 0.2) is 156 Å². The molecular weight excluding hydrogens is 705 g/mol. The minimum Gasteiger partial charge on any atom is -0.455 e. The Morgan fingerprint density at radius 3 is 1.95 bits per heavy atom. The zero-order valence-corrected chi connectivity index (χ0v) is 36.4. The molecule has 2 aromatic heterocycles. The van der Waals surface area contributed by atoms with Gasteiger partial charge in [-0.1, -0.05) is 179 Å². The third-order valence-electron chi connectivity index (χ3n) is 11.1. The van der Waals surface area contributed by atoms with Gasteiger partial charge in [-0.2, -0.15) is 0 Å². The number of para-hydroxylation sites is 3. The largest absolute Gasteiger partial charge is 0.455 e. The fraction of sp³-hybridized carbons (Fsp3) is 0.273. The van der Waals surface area contributed by atoms with Gasteiger partial charge in [-0.25, -0.2) is 0 Å². The van der Waals surface area contributed by atoms with Gasteiger partial charge in [0.25, 0.3) is 0 Å². The molecule has 10 rings (SSSR count). The lowest BCUT2D eigenvalue weighted by molar-refractivity contribution is 0.664. The molecule has 0 spiro atoms. The summed E-state index contributed by atoms with van der Waals surface area (Å²) in [4.78, 5) is 2.56. The van der Waals surface area contributed by atoms with E-state index in [4.69, 9.17) is 4.42 Å². The molecule has 1 aliphatic carbocycles. The molecule has 298 valence electrons. The third-order valence-corrected chi connectivity index (χ3v) is 11.1. The Bertz CT molecular complexity index is 2630. The average molecular weight is 767 g/mol. The number of benzene rings is 6. The number of hydrogen-bond donors (Lipinski definition) is 0. The maximum atomic E-state index is 6.39. The Balaban J connectivity index is 0.000000670. The first-order valence-corrected chi connectivity index (χ1v) is 22.0. The van der Waals surface area contributed by atoms with Crippen LogP contribution in [0, 0.1) is 0 Å². The molecular formula is C55H62N2O. The van der Waals surface area contributed by atoms with Crippen molar-refractivity contribution in [2.75, 3.05) is 4.90 Å². The monoisotopic (exact) mass is 766 g/mol. The van der Waals surface area contributed by atoms with Crippen LogP contribution in [0.25, 0.3) is 60.6 Å².